The van der Waals surface area contributed by atoms with E-state index in [0.717, 1.165) is 29.8 Å². The van der Waals surface area contributed by atoms with Gasteiger partial charge in [-0.15, -0.1) is 0 Å². The fraction of sp³-hybridized carbons (Fsp3) is 0.462. The molecule has 34 heavy (non-hydrogen) atoms. The van der Waals surface area contributed by atoms with Crippen LogP contribution in [0.15, 0.2) is 36.4 Å². The monoisotopic (exact) mass is 464 g/mol. The van der Waals surface area contributed by atoms with Crippen molar-refractivity contribution in [3.8, 4) is 17.0 Å². The van der Waals surface area contributed by atoms with E-state index in [0.29, 0.717) is 36.8 Å². The number of amides is 1. The number of hydrogen-bond acceptors (Lipinski definition) is 6. The quantitative estimate of drug-likeness (QED) is 0.528. The van der Waals surface area contributed by atoms with E-state index in [1.807, 2.05) is 30.3 Å². The number of likely N-dealkylation sites (tertiary alicyclic amines) is 1. The molecule has 0 radical (unpaired) electrons. The summed E-state index contributed by atoms with van der Waals surface area (Å²) in [5, 5.41) is 4.82. The third-order valence-corrected chi connectivity index (χ3v) is 6.13. The molecule has 1 saturated heterocycles. The summed E-state index contributed by atoms with van der Waals surface area (Å²) in [5.74, 6) is -0.0750. The first kappa shape index (κ1) is 23.7. The van der Waals surface area contributed by atoms with Crippen molar-refractivity contribution in [1.29, 1.82) is 0 Å². The molecule has 0 saturated carbocycles. The molecule has 3 heterocycles. The lowest BCUT2D eigenvalue weighted by Crippen LogP contribution is -2.43. The number of nitrogens with zero attached hydrogens (tertiary/aromatic N) is 4. The van der Waals surface area contributed by atoms with E-state index >= 15 is 0 Å². The number of ether oxygens (including phenoxy) is 2. The largest absolute Gasteiger partial charge is 0.496 e. The van der Waals surface area contributed by atoms with Crippen LogP contribution in [0.1, 0.15) is 56.7 Å². The minimum absolute atomic E-state index is 0.185. The van der Waals surface area contributed by atoms with Gasteiger partial charge in [-0.1, -0.05) is 32.9 Å². The average Bonchev–Trinajstić information content (AvgIpc) is 3.28. The van der Waals surface area contributed by atoms with E-state index < -0.39 is 0 Å². The normalized spacial score (nSPS) is 16.5. The molecule has 0 N–H and O–H groups in total. The number of para-hydroxylation sites is 1. The van der Waals surface area contributed by atoms with Crippen molar-refractivity contribution in [3.05, 3.63) is 47.8 Å². The van der Waals surface area contributed by atoms with Crippen LogP contribution >= 0.6 is 0 Å². The number of piperidine rings is 1. The van der Waals surface area contributed by atoms with Crippen LogP contribution in [0.5, 0.6) is 5.75 Å². The molecule has 0 aliphatic carbocycles. The Morgan fingerprint density at radius 3 is 2.65 bits per heavy atom. The second-order valence-corrected chi connectivity index (χ2v) is 9.62. The number of hydrogen-bond donors (Lipinski definition) is 0. The Hall–Kier alpha value is -3.42. The summed E-state index contributed by atoms with van der Waals surface area (Å²) in [5.41, 5.74) is 3.14. The highest BCUT2D eigenvalue weighted by Gasteiger charge is 2.31. The third kappa shape index (κ3) is 4.62. The predicted octanol–water partition coefficient (Wildman–Crippen LogP) is 4.12. The van der Waals surface area contributed by atoms with Gasteiger partial charge in [-0.25, -0.2) is 9.50 Å². The first-order valence-electron chi connectivity index (χ1n) is 11.7. The molecule has 2 aromatic heterocycles. The molecule has 1 fully saturated rings. The second-order valence-electron chi connectivity index (χ2n) is 9.62. The second kappa shape index (κ2) is 9.44. The SMILES string of the molecule is CCOC(=O)[C@@H]1CCCN(C(=O)c2cc(-c3ccccc3OC)n3nc(C(C)(C)C)cc3n2)C1. The molecule has 1 aliphatic rings. The van der Waals surface area contributed by atoms with Crippen LogP contribution in [0.3, 0.4) is 0 Å². The lowest BCUT2D eigenvalue weighted by Gasteiger charge is -2.31. The summed E-state index contributed by atoms with van der Waals surface area (Å²) < 4.78 is 12.6. The predicted molar refractivity (Wildman–Crippen MR) is 129 cm³/mol. The fourth-order valence-corrected chi connectivity index (χ4v) is 4.27. The van der Waals surface area contributed by atoms with E-state index in [4.69, 9.17) is 14.6 Å². The maximum Gasteiger partial charge on any atom is 0.310 e. The number of rotatable bonds is 5. The van der Waals surface area contributed by atoms with Gasteiger partial charge >= 0.3 is 5.97 Å². The van der Waals surface area contributed by atoms with Gasteiger partial charge < -0.3 is 14.4 Å². The van der Waals surface area contributed by atoms with Crippen LogP contribution in [0.25, 0.3) is 16.9 Å². The molecule has 8 heteroatoms. The van der Waals surface area contributed by atoms with Crippen LogP contribution in [-0.2, 0) is 14.9 Å². The molecule has 8 nitrogen and oxygen atoms in total. The van der Waals surface area contributed by atoms with Crippen LogP contribution in [-0.4, -0.2) is 58.2 Å². The van der Waals surface area contributed by atoms with E-state index in [1.165, 1.54) is 0 Å². The van der Waals surface area contributed by atoms with Gasteiger partial charge in [0.1, 0.15) is 11.4 Å². The zero-order valence-electron chi connectivity index (χ0n) is 20.5. The number of carbonyl (C=O) groups is 2. The Bertz CT molecular complexity index is 1210. The van der Waals surface area contributed by atoms with Crippen LogP contribution in [0, 0.1) is 5.92 Å². The standard InChI is InChI=1S/C26H32N4O4/c1-6-34-25(32)17-10-9-13-29(16-17)24(31)19-14-20(18-11-7-8-12-21(18)33-5)30-23(27-19)15-22(28-30)26(2,3)4/h7-8,11-12,14-15,17H,6,9-10,13,16H2,1-5H3/t17-/m1/s1. The van der Waals surface area contributed by atoms with Gasteiger partial charge in [0.15, 0.2) is 5.65 Å². The van der Waals surface area contributed by atoms with E-state index in [-0.39, 0.29) is 23.2 Å². The summed E-state index contributed by atoms with van der Waals surface area (Å²) >= 11 is 0. The minimum Gasteiger partial charge on any atom is -0.496 e. The Morgan fingerprint density at radius 1 is 1.18 bits per heavy atom. The van der Waals surface area contributed by atoms with Crippen molar-refractivity contribution in [3.63, 3.8) is 0 Å². The molecule has 3 aromatic rings. The zero-order chi connectivity index (χ0) is 24.5. The molecule has 1 atom stereocenters. The van der Waals surface area contributed by atoms with E-state index in [2.05, 4.69) is 25.8 Å². The molecule has 0 spiro atoms. The van der Waals surface area contributed by atoms with Gasteiger partial charge in [-0.2, -0.15) is 5.10 Å². The Kier molecular flexibility index (Phi) is 6.59. The van der Waals surface area contributed by atoms with Gasteiger partial charge in [-0.3, -0.25) is 9.59 Å². The third-order valence-electron chi connectivity index (χ3n) is 6.13. The molecular weight excluding hydrogens is 432 g/mol. The number of esters is 1. The highest BCUT2D eigenvalue weighted by atomic mass is 16.5. The molecule has 1 aliphatic heterocycles. The van der Waals surface area contributed by atoms with Gasteiger partial charge in [0.2, 0.25) is 0 Å². The van der Waals surface area contributed by atoms with Crippen molar-refractivity contribution in [2.45, 2.75) is 46.0 Å². The fourth-order valence-electron chi connectivity index (χ4n) is 4.27. The van der Waals surface area contributed by atoms with Gasteiger partial charge in [0.05, 0.1) is 31.0 Å². The number of benzene rings is 1. The topological polar surface area (TPSA) is 86.0 Å². The van der Waals surface area contributed by atoms with Crippen molar-refractivity contribution >= 4 is 17.5 Å². The van der Waals surface area contributed by atoms with Crippen LogP contribution in [0.4, 0.5) is 0 Å². The molecule has 4 rings (SSSR count). The number of methoxy groups -OCH3 is 1. The molecule has 1 aromatic carbocycles. The highest BCUT2D eigenvalue weighted by Crippen LogP contribution is 2.32. The summed E-state index contributed by atoms with van der Waals surface area (Å²) in [4.78, 5) is 32.2. The lowest BCUT2D eigenvalue weighted by atomic mass is 9.93. The average molecular weight is 465 g/mol. The van der Waals surface area contributed by atoms with Crippen LogP contribution in [0.2, 0.25) is 0 Å². The van der Waals surface area contributed by atoms with Gasteiger partial charge in [-0.05, 0) is 38.0 Å². The summed E-state index contributed by atoms with van der Waals surface area (Å²) in [6.07, 6.45) is 1.47. The highest BCUT2D eigenvalue weighted by molar-refractivity contribution is 5.94. The van der Waals surface area contributed by atoms with Crippen molar-refractivity contribution in [2.75, 3.05) is 26.8 Å². The van der Waals surface area contributed by atoms with Gasteiger partial charge in [0.25, 0.3) is 5.91 Å². The van der Waals surface area contributed by atoms with E-state index in [1.54, 1.807) is 29.5 Å². The van der Waals surface area contributed by atoms with Gasteiger partial charge in [0, 0.05) is 30.1 Å². The van der Waals surface area contributed by atoms with Crippen molar-refractivity contribution < 1.29 is 19.1 Å². The summed E-state index contributed by atoms with van der Waals surface area (Å²) in [7, 11) is 1.62. The first-order chi connectivity index (χ1) is 16.2. The maximum absolute atomic E-state index is 13.6. The van der Waals surface area contributed by atoms with Crippen molar-refractivity contribution in [2.24, 2.45) is 5.92 Å². The summed E-state index contributed by atoms with van der Waals surface area (Å²) in [6, 6.07) is 11.3. The minimum atomic E-state index is -0.308. The summed E-state index contributed by atoms with van der Waals surface area (Å²) in [6.45, 7) is 9.31. The molecule has 0 bridgehead atoms. The van der Waals surface area contributed by atoms with Crippen LogP contribution < -0.4 is 4.74 Å². The Balaban J connectivity index is 1.79. The lowest BCUT2D eigenvalue weighted by molar-refractivity contribution is -0.149. The molecule has 0 unspecified atom stereocenters. The number of aromatic nitrogens is 3. The maximum atomic E-state index is 13.6. The van der Waals surface area contributed by atoms with Crippen molar-refractivity contribution in [1.82, 2.24) is 19.5 Å². The Morgan fingerprint density at radius 2 is 1.94 bits per heavy atom. The number of fused-ring (bicyclic) bond motifs is 1. The zero-order valence-corrected chi connectivity index (χ0v) is 20.5. The Labute approximate surface area is 199 Å². The molecule has 1 amide bonds. The molecule has 180 valence electrons. The molecular formula is C26H32N4O4. The number of carbonyl (C=O) groups excluding carboxylic acids is 2. The first-order valence-corrected chi connectivity index (χ1v) is 11.7. The van der Waals surface area contributed by atoms with E-state index in [9.17, 15) is 9.59 Å². The smallest absolute Gasteiger partial charge is 0.310 e.